The fraction of sp³-hybridized carbons (Fsp3) is 0.333. The first-order valence-corrected chi connectivity index (χ1v) is 13.2. The predicted molar refractivity (Wildman–Crippen MR) is 141 cm³/mol. The van der Waals surface area contributed by atoms with E-state index in [1.165, 1.54) is 10.4 Å². The number of fused-ring (bicyclic) bond motifs is 2. The van der Waals surface area contributed by atoms with Gasteiger partial charge in [-0.15, -0.1) is 11.3 Å². The van der Waals surface area contributed by atoms with Crippen LogP contribution in [0.3, 0.4) is 0 Å². The van der Waals surface area contributed by atoms with Crippen LogP contribution >= 0.6 is 22.9 Å². The molecule has 35 heavy (non-hydrogen) atoms. The number of hydrogen-bond acceptors (Lipinski definition) is 5. The number of imidazole rings is 1. The number of carbonyl (C=O) groups excluding carboxylic acids is 1. The molecule has 8 heteroatoms. The smallest absolute Gasteiger partial charge is 0.263 e. The van der Waals surface area contributed by atoms with E-state index in [-0.39, 0.29) is 12.0 Å². The molecule has 2 aromatic heterocycles. The van der Waals surface area contributed by atoms with E-state index < -0.39 is 0 Å². The molecule has 6 rings (SSSR count). The highest BCUT2D eigenvalue weighted by Crippen LogP contribution is 2.36. The van der Waals surface area contributed by atoms with Crippen molar-refractivity contribution in [2.75, 3.05) is 24.5 Å². The number of thiophene rings is 1. The van der Waals surface area contributed by atoms with Crippen molar-refractivity contribution in [3.8, 4) is 11.4 Å². The van der Waals surface area contributed by atoms with E-state index in [4.69, 9.17) is 16.6 Å². The molecule has 0 saturated carbocycles. The van der Waals surface area contributed by atoms with Crippen molar-refractivity contribution in [2.45, 2.75) is 31.9 Å². The molecule has 0 spiro atoms. The number of aliphatic hydroxyl groups is 1. The Labute approximate surface area is 213 Å². The topological polar surface area (TPSA) is 61.6 Å². The van der Waals surface area contributed by atoms with Crippen molar-refractivity contribution in [2.24, 2.45) is 7.05 Å². The van der Waals surface area contributed by atoms with Crippen LogP contribution in [-0.2, 0) is 20.0 Å². The standard InChI is InChI=1S/C27H27ClN4O2S/c1-30-23-5-3-2-4-22(23)29-26(30)20-15-18(6-7-21(20)28)32-13-10-24-17(16-32)14-25(35-24)27(34)31-11-8-19(33)9-12-31/h2-7,14-15,19,33H,8-13,16H2,1H3. The third-order valence-corrected chi connectivity index (χ3v) is 8.73. The molecule has 0 unspecified atom stereocenters. The molecule has 4 aromatic rings. The maximum Gasteiger partial charge on any atom is 0.263 e. The Morgan fingerprint density at radius 2 is 1.91 bits per heavy atom. The van der Waals surface area contributed by atoms with Crippen LogP contribution < -0.4 is 4.90 Å². The molecular weight excluding hydrogens is 480 g/mol. The number of carbonyl (C=O) groups is 1. The molecule has 1 amide bonds. The van der Waals surface area contributed by atoms with Crippen LogP contribution in [0.2, 0.25) is 5.02 Å². The first-order valence-electron chi connectivity index (χ1n) is 12.0. The van der Waals surface area contributed by atoms with E-state index in [0.29, 0.717) is 31.0 Å². The summed E-state index contributed by atoms with van der Waals surface area (Å²) in [5.41, 5.74) is 5.27. The van der Waals surface area contributed by atoms with Crippen molar-refractivity contribution in [3.05, 3.63) is 68.9 Å². The molecule has 1 N–H and O–H groups in total. The van der Waals surface area contributed by atoms with Gasteiger partial charge >= 0.3 is 0 Å². The number of amides is 1. The molecular formula is C27H27ClN4O2S. The molecule has 6 nitrogen and oxygen atoms in total. The summed E-state index contributed by atoms with van der Waals surface area (Å²) in [5.74, 6) is 0.948. The van der Waals surface area contributed by atoms with E-state index >= 15 is 0 Å². The Morgan fingerprint density at radius 1 is 1.11 bits per heavy atom. The number of aliphatic hydroxyl groups excluding tert-OH is 1. The SMILES string of the molecule is Cn1c(-c2cc(N3CCc4sc(C(=O)N5CCC(O)CC5)cc4C3)ccc2Cl)nc2ccccc21. The van der Waals surface area contributed by atoms with Gasteiger partial charge in [-0.25, -0.2) is 4.98 Å². The Morgan fingerprint density at radius 3 is 2.71 bits per heavy atom. The lowest BCUT2D eigenvalue weighted by Gasteiger charge is -2.29. The minimum Gasteiger partial charge on any atom is -0.393 e. The normalized spacial score (nSPS) is 16.7. The van der Waals surface area contributed by atoms with Gasteiger partial charge in [-0.3, -0.25) is 4.79 Å². The molecule has 0 bridgehead atoms. The highest BCUT2D eigenvalue weighted by Gasteiger charge is 2.27. The van der Waals surface area contributed by atoms with E-state index in [1.807, 2.05) is 36.2 Å². The van der Waals surface area contributed by atoms with Crippen molar-refractivity contribution in [3.63, 3.8) is 0 Å². The molecule has 2 aromatic carbocycles. The number of rotatable bonds is 3. The van der Waals surface area contributed by atoms with Crippen LogP contribution in [0.4, 0.5) is 5.69 Å². The Kier molecular flexibility index (Phi) is 5.79. The minimum absolute atomic E-state index is 0.0958. The van der Waals surface area contributed by atoms with Gasteiger partial charge in [0, 0.05) is 49.4 Å². The van der Waals surface area contributed by atoms with Crippen molar-refractivity contribution in [1.29, 1.82) is 0 Å². The number of halogens is 1. The van der Waals surface area contributed by atoms with E-state index in [2.05, 4.69) is 33.7 Å². The Bertz CT molecular complexity index is 1420. The summed E-state index contributed by atoms with van der Waals surface area (Å²) in [5, 5.41) is 10.4. The lowest BCUT2D eigenvalue weighted by Crippen LogP contribution is -2.39. The quantitative estimate of drug-likeness (QED) is 0.419. The summed E-state index contributed by atoms with van der Waals surface area (Å²) in [6.45, 7) is 2.91. The summed E-state index contributed by atoms with van der Waals surface area (Å²) < 4.78 is 2.09. The van der Waals surface area contributed by atoms with Gasteiger partial charge in [-0.1, -0.05) is 23.7 Å². The maximum atomic E-state index is 13.0. The second-order valence-electron chi connectivity index (χ2n) is 9.40. The fourth-order valence-corrected chi connectivity index (χ4v) is 6.48. The largest absolute Gasteiger partial charge is 0.393 e. The van der Waals surface area contributed by atoms with Crippen LogP contribution in [0.15, 0.2) is 48.5 Å². The fourth-order valence-electron chi connectivity index (χ4n) is 5.15. The van der Waals surface area contributed by atoms with Gasteiger partial charge in [-0.05, 0) is 61.2 Å². The molecule has 2 aliphatic rings. The van der Waals surface area contributed by atoms with Gasteiger partial charge < -0.3 is 19.5 Å². The zero-order valence-corrected chi connectivity index (χ0v) is 21.1. The van der Waals surface area contributed by atoms with Crippen LogP contribution in [0.1, 0.15) is 33.0 Å². The Balaban J connectivity index is 1.26. The molecule has 4 heterocycles. The summed E-state index contributed by atoms with van der Waals surface area (Å²) >= 11 is 8.27. The second kappa shape index (κ2) is 8.97. The summed E-state index contributed by atoms with van der Waals surface area (Å²) in [6, 6.07) is 16.3. The third kappa shape index (κ3) is 4.11. The Hall–Kier alpha value is -2.87. The molecule has 1 saturated heterocycles. The van der Waals surface area contributed by atoms with Gasteiger partial charge in [0.2, 0.25) is 0 Å². The number of likely N-dealkylation sites (tertiary alicyclic amines) is 1. The maximum absolute atomic E-state index is 13.0. The van der Waals surface area contributed by atoms with Crippen LogP contribution in [0.25, 0.3) is 22.4 Å². The highest BCUT2D eigenvalue weighted by molar-refractivity contribution is 7.14. The number of para-hydroxylation sites is 2. The lowest BCUT2D eigenvalue weighted by molar-refractivity contribution is 0.0550. The van der Waals surface area contributed by atoms with Crippen molar-refractivity contribution >= 4 is 45.6 Å². The van der Waals surface area contributed by atoms with Crippen LogP contribution in [-0.4, -0.2) is 51.2 Å². The van der Waals surface area contributed by atoms with Crippen LogP contribution in [0, 0.1) is 0 Å². The molecule has 2 aliphatic heterocycles. The zero-order valence-electron chi connectivity index (χ0n) is 19.6. The van der Waals surface area contributed by atoms with Gasteiger partial charge in [-0.2, -0.15) is 0 Å². The van der Waals surface area contributed by atoms with Gasteiger partial charge in [0.15, 0.2) is 0 Å². The molecule has 1 fully saturated rings. The monoisotopic (exact) mass is 506 g/mol. The van der Waals surface area contributed by atoms with Crippen molar-refractivity contribution < 1.29 is 9.90 Å². The molecule has 0 atom stereocenters. The first kappa shape index (κ1) is 22.6. The first-order chi connectivity index (χ1) is 17.0. The van der Waals surface area contributed by atoms with Gasteiger partial charge in [0.25, 0.3) is 5.91 Å². The van der Waals surface area contributed by atoms with Crippen molar-refractivity contribution in [1.82, 2.24) is 14.5 Å². The van der Waals surface area contributed by atoms with E-state index in [0.717, 1.165) is 52.5 Å². The summed E-state index contributed by atoms with van der Waals surface area (Å²) in [6.07, 6.45) is 1.96. The number of benzene rings is 2. The molecule has 0 aliphatic carbocycles. The number of piperidine rings is 1. The number of anilines is 1. The van der Waals surface area contributed by atoms with E-state index in [9.17, 15) is 9.90 Å². The number of aryl methyl sites for hydroxylation is 1. The molecule has 0 radical (unpaired) electrons. The summed E-state index contributed by atoms with van der Waals surface area (Å²) in [4.78, 5) is 24.2. The average Bonchev–Trinajstić information content (AvgIpc) is 3.45. The number of hydrogen-bond donors (Lipinski definition) is 1. The van der Waals surface area contributed by atoms with E-state index in [1.54, 1.807) is 11.3 Å². The zero-order chi connectivity index (χ0) is 24.1. The lowest BCUT2D eigenvalue weighted by atomic mass is 10.1. The van der Waals surface area contributed by atoms with Gasteiger partial charge in [0.05, 0.1) is 27.0 Å². The van der Waals surface area contributed by atoms with Crippen LogP contribution in [0.5, 0.6) is 0 Å². The third-order valence-electron chi connectivity index (χ3n) is 7.17. The minimum atomic E-state index is -0.280. The molecule has 180 valence electrons. The second-order valence-corrected chi connectivity index (χ2v) is 10.9. The predicted octanol–water partition coefficient (Wildman–Crippen LogP) is 5.11. The van der Waals surface area contributed by atoms with Gasteiger partial charge in [0.1, 0.15) is 5.82 Å². The number of nitrogens with zero attached hydrogens (tertiary/aromatic N) is 4. The highest BCUT2D eigenvalue weighted by atomic mass is 35.5. The number of aromatic nitrogens is 2. The summed E-state index contributed by atoms with van der Waals surface area (Å²) in [7, 11) is 2.02. The average molecular weight is 507 g/mol.